The Morgan fingerprint density at radius 3 is 2.89 bits per heavy atom. The Morgan fingerprint density at radius 1 is 1.29 bits per heavy atom. The molecule has 0 aliphatic carbocycles. The normalized spacial score (nSPS) is 19.6. The summed E-state index contributed by atoms with van der Waals surface area (Å²) >= 11 is 0. The Balaban J connectivity index is 1.45. The second kappa shape index (κ2) is 5.94. The van der Waals surface area contributed by atoms with Crippen molar-refractivity contribution in [3.05, 3.63) is 35.6 Å². The average molecular weight is 392 g/mol. The number of aromatic amines is 1. The first-order valence-electron chi connectivity index (χ1n) is 8.81. The van der Waals surface area contributed by atoms with E-state index in [2.05, 4.69) is 20.1 Å². The van der Waals surface area contributed by atoms with E-state index in [0.717, 1.165) is 10.3 Å². The van der Waals surface area contributed by atoms with Crippen LogP contribution in [0.15, 0.2) is 23.1 Å². The molecule has 8 nitrogen and oxygen atoms in total. The molecule has 0 spiro atoms. The van der Waals surface area contributed by atoms with Crippen LogP contribution in [0.5, 0.6) is 0 Å². The number of carbonyl (C=O) groups excluding carboxylic acids is 1. The number of hydrogen-bond donors (Lipinski definition) is 1. The molecular weight excluding hydrogens is 377 g/mol. The van der Waals surface area contributed by atoms with Crippen LogP contribution in [0.25, 0.3) is 11.0 Å². The van der Waals surface area contributed by atoms with Crippen molar-refractivity contribution in [2.24, 2.45) is 0 Å². The van der Waals surface area contributed by atoms with E-state index in [1.165, 1.54) is 6.33 Å². The van der Waals surface area contributed by atoms with Crippen molar-refractivity contribution >= 4 is 22.8 Å². The number of aromatic nitrogens is 4. The van der Waals surface area contributed by atoms with Gasteiger partial charge in [-0.2, -0.15) is 13.2 Å². The van der Waals surface area contributed by atoms with E-state index in [1.807, 2.05) is 11.0 Å². The van der Waals surface area contributed by atoms with Crippen LogP contribution in [0.1, 0.15) is 28.2 Å². The number of amides is 1. The minimum atomic E-state index is -4.44. The quantitative estimate of drug-likeness (QED) is 0.720. The summed E-state index contributed by atoms with van der Waals surface area (Å²) in [6.45, 7) is 0.925. The summed E-state index contributed by atoms with van der Waals surface area (Å²) in [4.78, 5) is 27.0. The minimum absolute atomic E-state index is 0.0481. The lowest BCUT2D eigenvalue weighted by Crippen LogP contribution is -2.58. The van der Waals surface area contributed by atoms with Gasteiger partial charge in [-0.05, 0) is 12.5 Å². The molecule has 11 heteroatoms. The Bertz CT molecular complexity index is 1060. The van der Waals surface area contributed by atoms with Crippen LogP contribution in [0.4, 0.5) is 19.0 Å². The molecule has 28 heavy (non-hydrogen) atoms. The van der Waals surface area contributed by atoms with Gasteiger partial charge in [0.05, 0.1) is 11.9 Å². The van der Waals surface area contributed by atoms with E-state index >= 15 is 0 Å². The number of nitrogens with one attached hydrogen (secondary N) is 1. The monoisotopic (exact) mass is 392 g/mol. The van der Waals surface area contributed by atoms with Crippen LogP contribution < -0.4 is 4.90 Å². The molecule has 1 unspecified atom stereocenters. The molecule has 2 aliphatic rings. The highest BCUT2D eigenvalue weighted by molar-refractivity contribution is 5.95. The Kier molecular flexibility index (Phi) is 3.61. The Morgan fingerprint density at radius 2 is 2.14 bits per heavy atom. The zero-order valence-electron chi connectivity index (χ0n) is 14.5. The Labute approximate surface area is 156 Å². The predicted molar refractivity (Wildman–Crippen MR) is 90.6 cm³/mol. The number of likely N-dealkylation sites (tertiary alicyclic amines) is 1. The number of nitrogens with zero attached hydrogens (tertiary/aromatic N) is 5. The van der Waals surface area contributed by atoms with Crippen molar-refractivity contribution < 1.29 is 22.5 Å². The number of hydrogen-bond acceptors (Lipinski definition) is 6. The lowest BCUT2D eigenvalue weighted by Gasteiger charge is -2.41. The van der Waals surface area contributed by atoms with Crippen LogP contribution in [0.3, 0.4) is 0 Å². The predicted octanol–water partition coefficient (Wildman–Crippen LogP) is 2.29. The maximum atomic E-state index is 13.0. The summed E-state index contributed by atoms with van der Waals surface area (Å²) in [6, 6.07) is 0.0989. The second-order valence-corrected chi connectivity index (χ2v) is 6.89. The van der Waals surface area contributed by atoms with Crippen molar-refractivity contribution in [1.82, 2.24) is 25.0 Å². The summed E-state index contributed by atoms with van der Waals surface area (Å²) in [6.07, 6.45) is -0.849. The van der Waals surface area contributed by atoms with E-state index in [0.29, 0.717) is 35.8 Å². The molecule has 5 rings (SSSR count). The zero-order valence-corrected chi connectivity index (χ0v) is 14.5. The van der Waals surface area contributed by atoms with Gasteiger partial charge in [-0.1, -0.05) is 5.16 Å². The number of halogens is 3. The van der Waals surface area contributed by atoms with Crippen LogP contribution in [-0.4, -0.2) is 56.2 Å². The fraction of sp³-hybridized carbons (Fsp3) is 0.412. The van der Waals surface area contributed by atoms with Gasteiger partial charge in [0, 0.05) is 31.3 Å². The number of fused-ring (bicyclic) bond motifs is 2. The van der Waals surface area contributed by atoms with E-state index in [1.54, 1.807) is 6.20 Å². The highest BCUT2D eigenvalue weighted by Crippen LogP contribution is 2.36. The molecular formula is C17H15F3N6O2. The van der Waals surface area contributed by atoms with Gasteiger partial charge < -0.3 is 19.3 Å². The van der Waals surface area contributed by atoms with Crippen LogP contribution in [0, 0.1) is 0 Å². The van der Waals surface area contributed by atoms with Gasteiger partial charge in [0.2, 0.25) is 0 Å². The summed E-state index contributed by atoms with van der Waals surface area (Å²) < 4.78 is 44.3. The third-order valence-electron chi connectivity index (χ3n) is 5.32. The lowest BCUT2D eigenvalue weighted by molar-refractivity contribution is -0.199. The molecule has 3 aromatic heterocycles. The van der Waals surface area contributed by atoms with Gasteiger partial charge in [0.15, 0.2) is 5.69 Å². The van der Waals surface area contributed by atoms with Gasteiger partial charge >= 0.3 is 6.18 Å². The zero-order chi connectivity index (χ0) is 19.5. The highest BCUT2D eigenvalue weighted by atomic mass is 19.4. The van der Waals surface area contributed by atoms with E-state index in [9.17, 15) is 18.0 Å². The first-order chi connectivity index (χ1) is 13.4. The fourth-order valence-electron chi connectivity index (χ4n) is 3.78. The Hall–Kier alpha value is -3.11. The number of H-pyrrole nitrogens is 1. The molecule has 0 aromatic carbocycles. The fourth-order valence-corrected chi connectivity index (χ4v) is 3.78. The molecule has 3 aromatic rings. The standard InChI is InChI=1S/C17H15F3N6O2/c18-17(19,20)12-3-6-26(12)16(27)13-10-7-25(5-2-11(10)28-24-13)15-9-1-4-21-14(9)22-8-23-15/h1,4,8,12H,2-3,5-7H2,(H,21,22,23). The van der Waals surface area contributed by atoms with Crippen molar-refractivity contribution in [2.75, 3.05) is 18.0 Å². The number of anilines is 1. The molecule has 0 bridgehead atoms. The van der Waals surface area contributed by atoms with Crippen molar-refractivity contribution in [1.29, 1.82) is 0 Å². The van der Waals surface area contributed by atoms with Gasteiger partial charge in [0.1, 0.15) is 29.6 Å². The lowest BCUT2D eigenvalue weighted by atomic mass is 9.99. The van der Waals surface area contributed by atoms with Gasteiger partial charge in [0.25, 0.3) is 5.91 Å². The maximum absolute atomic E-state index is 13.0. The molecule has 1 amide bonds. The van der Waals surface area contributed by atoms with E-state index < -0.39 is 18.1 Å². The molecule has 2 aliphatic heterocycles. The molecule has 5 heterocycles. The minimum Gasteiger partial charge on any atom is -0.360 e. The third-order valence-corrected chi connectivity index (χ3v) is 5.32. The van der Waals surface area contributed by atoms with Crippen LogP contribution in [-0.2, 0) is 13.0 Å². The first-order valence-corrected chi connectivity index (χ1v) is 8.81. The SMILES string of the molecule is O=C(c1noc2c1CN(c1ncnc3[nH]ccc13)CC2)N1CCC1C(F)(F)F. The molecule has 146 valence electrons. The molecule has 0 saturated carbocycles. The summed E-state index contributed by atoms with van der Waals surface area (Å²) in [5, 5.41) is 4.63. The second-order valence-electron chi connectivity index (χ2n) is 6.89. The summed E-state index contributed by atoms with van der Waals surface area (Å²) in [5.41, 5.74) is 1.16. The van der Waals surface area contributed by atoms with Crippen LogP contribution in [0.2, 0.25) is 0 Å². The smallest absolute Gasteiger partial charge is 0.360 e. The van der Waals surface area contributed by atoms with E-state index in [4.69, 9.17) is 4.52 Å². The van der Waals surface area contributed by atoms with Gasteiger partial charge in [-0.25, -0.2) is 9.97 Å². The largest absolute Gasteiger partial charge is 0.408 e. The molecule has 1 fully saturated rings. The number of carbonyl (C=O) groups is 1. The number of rotatable bonds is 2. The van der Waals surface area contributed by atoms with Crippen molar-refractivity contribution in [3.8, 4) is 0 Å². The number of alkyl halides is 3. The van der Waals surface area contributed by atoms with Crippen molar-refractivity contribution in [3.63, 3.8) is 0 Å². The highest BCUT2D eigenvalue weighted by Gasteiger charge is 2.51. The average Bonchev–Trinajstić information content (AvgIpc) is 3.25. The van der Waals surface area contributed by atoms with Crippen LogP contribution >= 0.6 is 0 Å². The molecule has 1 N–H and O–H groups in total. The van der Waals surface area contributed by atoms with Crippen molar-refractivity contribution in [2.45, 2.75) is 31.6 Å². The van der Waals surface area contributed by atoms with Gasteiger partial charge in [-0.15, -0.1) is 0 Å². The molecule has 1 atom stereocenters. The third kappa shape index (κ3) is 2.53. The topological polar surface area (TPSA) is 91.1 Å². The first kappa shape index (κ1) is 17.0. The van der Waals surface area contributed by atoms with Gasteiger partial charge in [-0.3, -0.25) is 4.79 Å². The van der Waals surface area contributed by atoms with E-state index in [-0.39, 0.29) is 25.2 Å². The summed E-state index contributed by atoms with van der Waals surface area (Å²) in [7, 11) is 0. The molecule has 1 saturated heterocycles. The molecule has 0 radical (unpaired) electrons. The maximum Gasteiger partial charge on any atom is 0.408 e. The summed E-state index contributed by atoms with van der Waals surface area (Å²) in [5.74, 6) is 0.478.